The van der Waals surface area contributed by atoms with Crippen molar-refractivity contribution in [1.82, 2.24) is 0 Å². The molecule has 0 aliphatic heterocycles. The summed E-state index contributed by atoms with van der Waals surface area (Å²) in [7, 11) is -3.88. The third-order valence-electron chi connectivity index (χ3n) is 2.22. The number of aliphatic carboxylic acids is 1. The Balaban J connectivity index is 3.16. The molecule has 7 heteroatoms. The molecule has 17 heavy (non-hydrogen) atoms. The molecule has 0 fully saturated rings. The lowest BCUT2D eigenvalue weighted by molar-refractivity contribution is -0.136. The average molecular weight is 322 g/mol. The molecule has 1 aromatic carbocycles. The Morgan fingerprint density at radius 1 is 1.35 bits per heavy atom. The predicted octanol–water partition coefficient (Wildman–Crippen LogP) is 1.02. The van der Waals surface area contributed by atoms with E-state index in [1.807, 2.05) is 0 Å². The van der Waals surface area contributed by atoms with Crippen LogP contribution in [-0.2, 0) is 14.6 Å². The van der Waals surface area contributed by atoms with E-state index in [9.17, 15) is 13.2 Å². The van der Waals surface area contributed by atoms with E-state index in [1.165, 1.54) is 12.1 Å². The molecule has 0 aliphatic rings. The van der Waals surface area contributed by atoms with Crippen molar-refractivity contribution in [3.05, 3.63) is 28.7 Å². The highest BCUT2D eigenvalue weighted by Crippen LogP contribution is 2.20. The molecule has 0 amide bonds. The van der Waals surface area contributed by atoms with E-state index in [1.54, 1.807) is 12.1 Å². The zero-order valence-electron chi connectivity index (χ0n) is 8.84. The summed E-state index contributed by atoms with van der Waals surface area (Å²) in [5, 5.41) is 7.42. The smallest absolute Gasteiger partial charge is 0.322 e. The summed E-state index contributed by atoms with van der Waals surface area (Å²) in [6.07, 6.45) is -0.103. The largest absolute Gasteiger partial charge is 0.480 e. The van der Waals surface area contributed by atoms with Crippen molar-refractivity contribution >= 4 is 31.7 Å². The molecule has 1 rings (SSSR count). The second kappa shape index (κ2) is 5.61. The topological polar surface area (TPSA) is 97.5 Å². The SMILES string of the molecule is NCCC(C(=O)O)S(=O)(=O)c1ccc(Br)cc1. The molecule has 0 aliphatic carbocycles. The second-order valence-corrected chi connectivity index (χ2v) is 6.45. The monoisotopic (exact) mass is 321 g/mol. The van der Waals surface area contributed by atoms with Crippen LogP contribution < -0.4 is 5.73 Å². The molecule has 0 heterocycles. The third kappa shape index (κ3) is 3.27. The number of carboxylic acid groups (broad SMARTS) is 1. The minimum absolute atomic E-state index is 0.00667. The molecule has 0 spiro atoms. The number of benzene rings is 1. The van der Waals surface area contributed by atoms with E-state index in [4.69, 9.17) is 10.8 Å². The highest BCUT2D eigenvalue weighted by atomic mass is 79.9. The van der Waals surface area contributed by atoms with Crippen molar-refractivity contribution in [3.63, 3.8) is 0 Å². The molecule has 0 bridgehead atoms. The number of carboxylic acids is 1. The molecular weight excluding hydrogens is 310 g/mol. The molecule has 1 unspecified atom stereocenters. The van der Waals surface area contributed by atoms with Crippen LogP contribution in [0.25, 0.3) is 0 Å². The van der Waals surface area contributed by atoms with Gasteiger partial charge < -0.3 is 10.8 Å². The number of nitrogens with two attached hydrogens (primary N) is 1. The summed E-state index contributed by atoms with van der Waals surface area (Å²) in [5.74, 6) is -1.38. The summed E-state index contributed by atoms with van der Waals surface area (Å²) in [6, 6.07) is 5.83. The van der Waals surface area contributed by atoms with Gasteiger partial charge in [-0.25, -0.2) is 8.42 Å². The summed E-state index contributed by atoms with van der Waals surface area (Å²) in [4.78, 5) is 10.9. The van der Waals surface area contributed by atoms with Gasteiger partial charge in [-0.15, -0.1) is 0 Å². The quantitative estimate of drug-likeness (QED) is 0.844. The number of sulfone groups is 1. The Morgan fingerprint density at radius 2 is 1.88 bits per heavy atom. The molecule has 1 atom stereocenters. The molecule has 94 valence electrons. The first-order valence-electron chi connectivity index (χ1n) is 4.82. The van der Waals surface area contributed by atoms with Crippen molar-refractivity contribution in [2.24, 2.45) is 5.73 Å². The zero-order chi connectivity index (χ0) is 13.1. The van der Waals surface area contributed by atoms with Gasteiger partial charge in [-0.1, -0.05) is 15.9 Å². The van der Waals surface area contributed by atoms with Gasteiger partial charge >= 0.3 is 5.97 Å². The maximum atomic E-state index is 12.0. The summed E-state index contributed by atoms with van der Waals surface area (Å²) in [6.45, 7) is 0.00667. The fourth-order valence-corrected chi connectivity index (χ4v) is 3.17. The van der Waals surface area contributed by atoms with E-state index >= 15 is 0 Å². The van der Waals surface area contributed by atoms with Gasteiger partial charge in [0.25, 0.3) is 0 Å². The number of rotatable bonds is 5. The van der Waals surface area contributed by atoms with Gasteiger partial charge in [-0.05, 0) is 37.2 Å². The lowest BCUT2D eigenvalue weighted by atomic mass is 10.3. The Hall–Kier alpha value is -0.920. The van der Waals surface area contributed by atoms with Crippen LogP contribution in [0.4, 0.5) is 0 Å². The summed E-state index contributed by atoms with van der Waals surface area (Å²) < 4.78 is 24.8. The maximum Gasteiger partial charge on any atom is 0.322 e. The molecule has 0 radical (unpaired) electrons. The second-order valence-electron chi connectivity index (χ2n) is 3.40. The van der Waals surface area contributed by atoms with Gasteiger partial charge in [0, 0.05) is 4.47 Å². The van der Waals surface area contributed by atoms with Crippen molar-refractivity contribution in [2.45, 2.75) is 16.6 Å². The molecular formula is C10H12BrNO4S. The first-order valence-corrected chi connectivity index (χ1v) is 7.16. The number of hydrogen-bond donors (Lipinski definition) is 2. The average Bonchev–Trinajstić information content (AvgIpc) is 2.25. The van der Waals surface area contributed by atoms with Crippen molar-refractivity contribution in [3.8, 4) is 0 Å². The third-order valence-corrected chi connectivity index (χ3v) is 4.87. The van der Waals surface area contributed by atoms with Gasteiger partial charge in [-0.3, -0.25) is 4.79 Å². The fourth-order valence-electron chi connectivity index (χ4n) is 1.35. The lowest BCUT2D eigenvalue weighted by Gasteiger charge is -2.12. The number of carbonyl (C=O) groups is 1. The van der Waals surface area contributed by atoms with E-state index < -0.39 is 21.1 Å². The van der Waals surface area contributed by atoms with E-state index in [0.717, 1.165) is 4.47 Å². The Morgan fingerprint density at radius 3 is 2.29 bits per heavy atom. The standard InChI is InChI=1S/C10H12BrNO4S/c11-7-1-3-8(4-2-7)17(15,16)9(5-6-12)10(13)14/h1-4,9H,5-6,12H2,(H,13,14). The van der Waals surface area contributed by atoms with Crippen LogP contribution in [0.1, 0.15) is 6.42 Å². The van der Waals surface area contributed by atoms with Crippen molar-refractivity contribution < 1.29 is 18.3 Å². The summed E-state index contributed by atoms with van der Waals surface area (Å²) in [5.41, 5.74) is 5.23. The highest BCUT2D eigenvalue weighted by Gasteiger charge is 2.33. The first-order chi connectivity index (χ1) is 7.89. The molecule has 1 aromatic rings. The van der Waals surface area contributed by atoms with E-state index in [2.05, 4.69) is 15.9 Å². The number of hydrogen-bond acceptors (Lipinski definition) is 4. The Bertz CT molecular complexity index is 498. The predicted molar refractivity (Wildman–Crippen MR) is 66.4 cm³/mol. The van der Waals surface area contributed by atoms with Gasteiger partial charge in [0.2, 0.25) is 0 Å². The Kier molecular flexibility index (Phi) is 4.67. The summed E-state index contributed by atoms with van der Waals surface area (Å²) >= 11 is 3.18. The van der Waals surface area contributed by atoms with Gasteiger partial charge in [0.15, 0.2) is 15.1 Å². The van der Waals surface area contributed by atoms with Gasteiger partial charge in [0.1, 0.15) is 0 Å². The van der Waals surface area contributed by atoms with E-state index in [0.29, 0.717) is 0 Å². The minimum atomic E-state index is -3.88. The first kappa shape index (κ1) is 14.1. The Labute approximate surface area is 108 Å². The molecule has 0 saturated carbocycles. The molecule has 3 N–H and O–H groups in total. The van der Waals surface area contributed by atoms with E-state index in [-0.39, 0.29) is 17.9 Å². The zero-order valence-corrected chi connectivity index (χ0v) is 11.2. The maximum absolute atomic E-state index is 12.0. The lowest BCUT2D eigenvalue weighted by Crippen LogP contribution is -2.32. The minimum Gasteiger partial charge on any atom is -0.480 e. The molecule has 5 nitrogen and oxygen atoms in total. The van der Waals surface area contributed by atoms with Crippen LogP contribution in [0.5, 0.6) is 0 Å². The van der Waals surface area contributed by atoms with Crippen LogP contribution in [-0.4, -0.2) is 31.3 Å². The normalized spacial score (nSPS) is 13.3. The van der Waals surface area contributed by atoms with Crippen LogP contribution in [0.2, 0.25) is 0 Å². The van der Waals surface area contributed by atoms with Crippen LogP contribution in [0.3, 0.4) is 0 Å². The fraction of sp³-hybridized carbons (Fsp3) is 0.300. The molecule has 0 saturated heterocycles. The van der Waals surface area contributed by atoms with Gasteiger partial charge in [-0.2, -0.15) is 0 Å². The van der Waals surface area contributed by atoms with Crippen molar-refractivity contribution in [2.75, 3.05) is 6.54 Å². The van der Waals surface area contributed by atoms with Crippen LogP contribution in [0.15, 0.2) is 33.6 Å². The van der Waals surface area contributed by atoms with Crippen LogP contribution in [0, 0.1) is 0 Å². The number of halogens is 1. The van der Waals surface area contributed by atoms with Crippen molar-refractivity contribution in [1.29, 1.82) is 0 Å². The van der Waals surface area contributed by atoms with Crippen LogP contribution >= 0.6 is 15.9 Å². The highest BCUT2D eigenvalue weighted by molar-refractivity contribution is 9.10. The molecule has 0 aromatic heterocycles. The van der Waals surface area contributed by atoms with Gasteiger partial charge in [0.05, 0.1) is 4.90 Å².